The number of carbonyl (C=O) groups excluding carboxylic acids is 2. The molecular formula is C19H15F2NO5. The molecule has 0 unspecified atom stereocenters. The number of hydrogen-bond acceptors (Lipinski definition) is 5. The number of halogens is 2. The van der Waals surface area contributed by atoms with Crippen molar-refractivity contribution in [3.8, 4) is 5.75 Å². The number of furan rings is 1. The summed E-state index contributed by atoms with van der Waals surface area (Å²) in [6, 6.07) is 7.97. The number of fused-ring (bicyclic) bond motifs is 1. The number of benzene rings is 2. The number of aryl methyl sites for hydroxylation is 1. The maximum atomic E-state index is 13.1. The summed E-state index contributed by atoms with van der Waals surface area (Å²) in [4.78, 5) is 24.0. The van der Waals surface area contributed by atoms with Gasteiger partial charge in [-0.05, 0) is 37.3 Å². The zero-order valence-electron chi connectivity index (χ0n) is 14.5. The molecule has 0 aliphatic carbocycles. The Labute approximate surface area is 152 Å². The van der Waals surface area contributed by atoms with Crippen LogP contribution in [-0.2, 0) is 9.53 Å². The van der Waals surface area contributed by atoms with E-state index in [0.717, 1.165) is 12.1 Å². The first-order chi connectivity index (χ1) is 12.9. The standard InChI is InChI=1S/C19H15F2NO5/c1-10-13-8-12(25-2)4-6-16(13)27-18(10)19(24)26-9-17(23)22-11-3-5-14(20)15(21)7-11/h3-8H,9H2,1-2H3,(H,22,23). The lowest BCUT2D eigenvalue weighted by Gasteiger charge is -2.06. The summed E-state index contributed by atoms with van der Waals surface area (Å²) in [7, 11) is 1.53. The molecule has 3 rings (SSSR count). The van der Waals surface area contributed by atoms with Crippen molar-refractivity contribution in [3.05, 3.63) is 59.4 Å². The second kappa shape index (κ2) is 7.45. The third-order valence-electron chi connectivity index (χ3n) is 3.87. The van der Waals surface area contributed by atoms with Gasteiger partial charge in [0.25, 0.3) is 5.91 Å². The average Bonchev–Trinajstić information content (AvgIpc) is 2.99. The Morgan fingerprint density at radius 3 is 2.59 bits per heavy atom. The fourth-order valence-corrected chi connectivity index (χ4v) is 2.49. The minimum Gasteiger partial charge on any atom is -0.497 e. The number of amides is 1. The lowest BCUT2D eigenvalue weighted by molar-refractivity contribution is -0.119. The second-order valence-corrected chi connectivity index (χ2v) is 5.67. The quantitative estimate of drug-likeness (QED) is 0.686. The summed E-state index contributed by atoms with van der Waals surface area (Å²) in [5, 5.41) is 2.99. The lowest BCUT2D eigenvalue weighted by atomic mass is 10.1. The van der Waals surface area contributed by atoms with E-state index in [-0.39, 0.29) is 11.4 Å². The van der Waals surface area contributed by atoms with Gasteiger partial charge in [0, 0.05) is 22.7 Å². The van der Waals surface area contributed by atoms with Crippen LogP contribution < -0.4 is 10.1 Å². The molecule has 0 saturated heterocycles. The number of esters is 1. The highest BCUT2D eigenvalue weighted by molar-refractivity contribution is 5.98. The molecule has 1 amide bonds. The van der Waals surface area contributed by atoms with Crippen molar-refractivity contribution in [2.75, 3.05) is 19.0 Å². The molecule has 0 aliphatic heterocycles. The van der Waals surface area contributed by atoms with E-state index in [1.165, 1.54) is 13.2 Å². The molecule has 1 heterocycles. The normalized spacial score (nSPS) is 10.7. The van der Waals surface area contributed by atoms with E-state index in [1.54, 1.807) is 25.1 Å². The fourth-order valence-electron chi connectivity index (χ4n) is 2.49. The van der Waals surface area contributed by atoms with Gasteiger partial charge in [0.1, 0.15) is 11.3 Å². The maximum Gasteiger partial charge on any atom is 0.375 e. The number of hydrogen-bond donors (Lipinski definition) is 1. The summed E-state index contributed by atoms with van der Waals surface area (Å²) < 4.78 is 41.6. The molecule has 0 saturated carbocycles. The van der Waals surface area contributed by atoms with Crippen molar-refractivity contribution < 1.29 is 32.3 Å². The van der Waals surface area contributed by atoms with Gasteiger partial charge in [0.15, 0.2) is 18.2 Å². The van der Waals surface area contributed by atoms with Crippen molar-refractivity contribution in [2.45, 2.75) is 6.92 Å². The van der Waals surface area contributed by atoms with Crippen molar-refractivity contribution >= 4 is 28.5 Å². The molecule has 0 radical (unpaired) electrons. The van der Waals surface area contributed by atoms with Gasteiger partial charge < -0.3 is 19.2 Å². The Morgan fingerprint density at radius 2 is 1.89 bits per heavy atom. The van der Waals surface area contributed by atoms with Crippen molar-refractivity contribution in [3.63, 3.8) is 0 Å². The van der Waals surface area contributed by atoms with Crippen LogP contribution in [0.4, 0.5) is 14.5 Å². The molecule has 8 heteroatoms. The van der Waals surface area contributed by atoms with Gasteiger partial charge in [-0.3, -0.25) is 4.79 Å². The molecular weight excluding hydrogens is 360 g/mol. The van der Waals surface area contributed by atoms with Crippen LogP contribution >= 0.6 is 0 Å². The predicted molar refractivity (Wildman–Crippen MR) is 92.8 cm³/mol. The SMILES string of the molecule is COc1ccc2oc(C(=O)OCC(=O)Nc3ccc(F)c(F)c3)c(C)c2c1. The molecule has 6 nitrogen and oxygen atoms in total. The van der Waals surface area contributed by atoms with Gasteiger partial charge in [-0.1, -0.05) is 0 Å². The number of ether oxygens (including phenoxy) is 2. The zero-order valence-corrected chi connectivity index (χ0v) is 14.5. The average molecular weight is 375 g/mol. The Kier molecular flexibility index (Phi) is 5.07. The third kappa shape index (κ3) is 3.89. The minimum absolute atomic E-state index is 0.0288. The van der Waals surface area contributed by atoms with Crippen LogP contribution in [0.15, 0.2) is 40.8 Å². The highest BCUT2D eigenvalue weighted by Crippen LogP contribution is 2.29. The van der Waals surface area contributed by atoms with Gasteiger partial charge in [0.2, 0.25) is 5.76 Å². The van der Waals surface area contributed by atoms with Gasteiger partial charge in [-0.25, -0.2) is 13.6 Å². The molecule has 140 valence electrons. The molecule has 2 aromatic carbocycles. The molecule has 0 atom stereocenters. The number of rotatable bonds is 5. The summed E-state index contributed by atoms with van der Waals surface area (Å²) in [6.45, 7) is 1.07. The Morgan fingerprint density at radius 1 is 1.11 bits per heavy atom. The molecule has 0 bridgehead atoms. The number of carbonyl (C=O) groups is 2. The van der Waals surface area contributed by atoms with Crippen LogP contribution in [0.5, 0.6) is 5.75 Å². The van der Waals surface area contributed by atoms with E-state index < -0.39 is 30.1 Å². The number of anilines is 1. The minimum atomic E-state index is -1.10. The summed E-state index contributed by atoms with van der Waals surface area (Å²) in [5.74, 6) is -3.07. The lowest BCUT2D eigenvalue weighted by Crippen LogP contribution is -2.21. The molecule has 3 aromatic rings. The molecule has 0 aliphatic rings. The zero-order chi connectivity index (χ0) is 19.6. The first-order valence-electron chi connectivity index (χ1n) is 7.88. The summed E-state index contributed by atoms with van der Waals surface area (Å²) >= 11 is 0. The van der Waals surface area contributed by atoms with Crippen LogP contribution in [0.2, 0.25) is 0 Å². The number of nitrogens with one attached hydrogen (secondary N) is 1. The molecule has 1 N–H and O–H groups in total. The van der Waals surface area contributed by atoms with E-state index in [4.69, 9.17) is 13.9 Å². The molecule has 27 heavy (non-hydrogen) atoms. The molecule has 1 aromatic heterocycles. The first-order valence-corrected chi connectivity index (χ1v) is 7.88. The van der Waals surface area contributed by atoms with Crippen molar-refractivity contribution in [2.24, 2.45) is 0 Å². The predicted octanol–water partition coefficient (Wildman–Crippen LogP) is 3.82. The Balaban J connectivity index is 1.66. The van der Waals surface area contributed by atoms with Crippen LogP contribution in [-0.4, -0.2) is 25.6 Å². The van der Waals surface area contributed by atoms with Crippen molar-refractivity contribution in [1.82, 2.24) is 0 Å². The van der Waals surface area contributed by atoms with E-state index in [1.807, 2.05) is 0 Å². The summed E-state index contributed by atoms with van der Waals surface area (Å²) in [6.07, 6.45) is 0. The van der Waals surface area contributed by atoms with Crippen LogP contribution in [0.1, 0.15) is 16.1 Å². The molecule has 0 fully saturated rings. The third-order valence-corrected chi connectivity index (χ3v) is 3.87. The van der Waals surface area contributed by atoms with E-state index >= 15 is 0 Å². The van der Waals surface area contributed by atoms with Gasteiger partial charge in [-0.2, -0.15) is 0 Å². The largest absolute Gasteiger partial charge is 0.497 e. The van der Waals surface area contributed by atoms with Crippen LogP contribution in [0.3, 0.4) is 0 Å². The molecule has 0 spiro atoms. The van der Waals surface area contributed by atoms with Gasteiger partial charge in [-0.15, -0.1) is 0 Å². The highest BCUT2D eigenvalue weighted by atomic mass is 19.2. The monoisotopic (exact) mass is 375 g/mol. The first kappa shape index (κ1) is 18.4. The number of methoxy groups -OCH3 is 1. The second-order valence-electron chi connectivity index (χ2n) is 5.67. The Hall–Kier alpha value is -3.42. The topological polar surface area (TPSA) is 77.8 Å². The maximum absolute atomic E-state index is 13.1. The van der Waals surface area contributed by atoms with Gasteiger partial charge in [0.05, 0.1) is 7.11 Å². The van der Waals surface area contributed by atoms with Crippen LogP contribution in [0, 0.1) is 18.6 Å². The van der Waals surface area contributed by atoms with E-state index in [0.29, 0.717) is 22.3 Å². The fraction of sp³-hybridized carbons (Fsp3) is 0.158. The Bertz CT molecular complexity index is 1030. The van der Waals surface area contributed by atoms with Crippen LogP contribution in [0.25, 0.3) is 11.0 Å². The summed E-state index contributed by atoms with van der Waals surface area (Å²) in [5.41, 5.74) is 1.07. The van der Waals surface area contributed by atoms with Crippen molar-refractivity contribution in [1.29, 1.82) is 0 Å². The van der Waals surface area contributed by atoms with E-state index in [2.05, 4.69) is 5.32 Å². The smallest absolute Gasteiger partial charge is 0.375 e. The van der Waals surface area contributed by atoms with E-state index in [9.17, 15) is 18.4 Å². The highest BCUT2D eigenvalue weighted by Gasteiger charge is 2.20. The van der Waals surface area contributed by atoms with Gasteiger partial charge >= 0.3 is 5.97 Å².